The standard InChI is InChI=1S/C14H11ClO3S2/c15-10-3-8-1-2-18-13(8)9(4-10)6-19-11-5-12(14(16)17)20-7-11/h3-5,7H,1-2,6H2,(H,16,17). The second-order valence-electron chi connectivity index (χ2n) is 4.39. The summed E-state index contributed by atoms with van der Waals surface area (Å²) in [5.74, 6) is 0.781. The van der Waals surface area contributed by atoms with E-state index in [1.165, 1.54) is 11.3 Å². The van der Waals surface area contributed by atoms with Crippen molar-refractivity contribution in [3.05, 3.63) is 44.6 Å². The number of halogens is 1. The van der Waals surface area contributed by atoms with Crippen LogP contribution in [0.15, 0.2) is 28.5 Å². The lowest BCUT2D eigenvalue weighted by Gasteiger charge is -2.08. The Morgan fingerprint density at radius 2 is 2.30 bits per heavy atom. The van der Waals surface area contributed by atoms with Crippen LogP contribution in [0.4, 0.5) is 0 Å². The first kappa shape index (κ1) is 13.8. The Bertz CT molecular complexity index is 666. The van der Waals surface area contributed by atoms with Crippen LogP contribution in [0.2, 0.25) is 5.02 Å². The summed E-state index contributed by atoms with van der Waals surface area (Å²) in [4.78, 5) is 12.2. The normalized spacial score (nSPS) is 13.1. The number of carboxylic acid groups (broad SMARTS) is 1. The lowest BCUT2D eigenvalue weighted by Crippen LogP contribution is -1.91. The number of fused-ring (bicyclic) bond motifs is 1. The molecule has 3 nitrogen and oxygen atoms in total. The molecule has 0 spiro atoms. The van der Waals surface area contributed by atoms with Gasteiger partial charge in [0.15, 0.2) is 0 Å². The fourth-order valence-corrected chi connectivity index (χ4v) is 4.22. The molecule has 1 N–H and O–H groups in total. The van der Waals surface area contributed by atoms with Gasteiger partial charge in [-0.1, -0.05) is 11.6 Å². The minimum Gasteiger partial charge on any atom is -0.493 e. The molecule has 0 saturated carbocycles. The molecule has 0 fully saturated rings. The maximum absolute atomic E-state index is 10.9. The quantitative estimate of drug-likeness (QED) is 0.850. The first-order valence-electron chi connectivity index (χ1n) is 6.02. The van der Waals surface area contributed by atoms with Gasteiger partial charge in [0.1, 0.15) is 10.6 Å². The summed E-state index contributed by atoms with van der Waals surface area (Å²) in [5, 5.41) is 11.5. The van der Waals surface area contributed by atoms with E-state index in [4.69, 9.17) is 21.4 Å². The number of carboxylic acids is 1. The molecule has 0 bridgehead atoms. The molecule has 0 aliphatic carbocycles. The second-order valence-corrected chi connectivity index (χ2v) is 6.79. The van der Waals surface area contributed by atoms with Crippen molar-refractivity contribution >= 4 is 40.7 Å². The van der Waals surface area contributed by atoms with Gasteiger partial charge < -0.3 is 9.84 Å². The van der Waals surface area contributed by atoms with Crippen LogP contribution < -0.4 is 4.74 Å². The molecule has 0 amide bonds. The van der Waals surface area contributed by atoms with E-state index >= 15 is 0 Å². The van der Waals surface area contributed by atoms with Gasteiger partial charge in [-0.3, -0.25) is 0 Å². The Balaban J connectivity index is 1.76. The Morgan fingerprint density at radius 3 is 3.05 bits per heavy atom. The Labute approximate surface area is 129 Å². The van der Waals surface area contributed by atoms with Gasteiger partial charge in [0.25, 0.3) is 0 Å². The van der Waals surface area contributed by atoms with Gasteiger partial charge in [-0.2, -0.15) is 0 Å². The van der Waals surface area contributed by atoms with Gasteiger partial charge in [-0.15, -0.1) is 23.1 Å². The zero-order valence-corrected chi connectivity index (χ0v) is 12.8. The van der Waals surface area contributed by atoms with Crippen LogP contribution in [0.3, 0.4) is 0 Å². The summed E-state index contributed by atoms with van der Waals surface area (Å²) in [7, 11) is 0. The number of hydrogen-bond acceptors (Lipinski definition) is 4. The molecule has 0 atom stereocenters. The van der Waals surface area contributed by atoms with E-state index < -0.39 is 5.97 Å². The van der Waals surface area contributed by atoms with Crippen molar-refractivity contribution in [1.82, 2.24) is 0 Å². The molecule has 1 aromatic heterocycles. The predicted octanol–water partition coefficient (Wildman–Crippen LogP) is 4.33. The minimum atomic E-state index is -0.881. The highest BCUT2D eigenvalue weighted by atomic mass is 35.5. The third kappa shape index (κ3) is 2.80. The minimum absolute atomic E-state index is 0.361. The van der Waals surface area contributed by atoms with Gasteiger partial charge >= 0.3 is 5.97 Å². The third-order valence-corrected chi connectivity index (χ3v) is 5.32. The van der Waals surface area contributed by atoms with E-state index in [1.54, 1.807) is 17.8 Å². The summed E-state index contributed by atoms with van der Waals surface area (Å²) in [6, 6.07) is 5.57. The fraction of sp³-hybridized carbons (Fsp3) is 0.214. The Morgan fingerprint density at radius 1 is 1.45 bits per heavy atom. The van der Waals surface area contributed by atoms with E-state index in [2.05, 4.69) is 0 Å². The van der Waals surface area contributed by atoms with E-state index in [1.807, 2.05) is 17.5 Å². The van der Waals surface area contributed by atoms with Crippen molar-refractivity contribution in [2.75, 3.05) is 6.61 Å². The van der Waals surface area contributed by atoms with Crippen molar-refractivity contribution < 1.29 is 14.6 Å². The third-order valence-electron chi connectivity index (χ3n) is 3.01. The average Bonchev–Trinajstić information content (AvgIpc) is 3.04. The molecule has 6 heteroatoms. The van der Waals surface area contributed by atoms with Crippen LogP contribution in [0, 0.1) is 0 Å². The molecule has 20 heavy (non-hydrogen) atoms. The summed E-state index contributed by atoms with van der Waals surface area (Å²) >= 11 is 8.95. The van der Waals surface area contributed by atoms with Gasteiger partial charge in [0, 0.05) is 33.0 Å². The summed E-state index contributed by atoms with van der Waals surface area (Å²) < 4.78 is 5.65. The maximum Gasteiger partial charge on any atom is 0.345 e. The van der Waals surface area contributed by atoms with Gasteiger partial charge in [0.05, 0.1) is 6.61 Å². The largest absolute Gasteiger partial charge is 0.493 e. The molecular weight excluding hydrogens is 316 g/mol. The van der Waals surface area contributed by atoms with Gasteiger partial charge in [0.2, 0.25) is 0 Å². The monoisotopic (exact) mass is 326 g/mol. The number of hydrogen-bond donors (Lipinski definition) is 1. The number of benzene rings is 1. The first-order valence-corrected chi connectivity index (χ1v) is 8.26. The highest BCUT2D eigenvalue weighted by Gasteiger charge is 2.18. The first-order chi connectivity index (χ1) is 9.63. The molecule has 3 rings (SSSR count). The van der Waals surface area contributed by atoms with Crippen molar-refractivity contribution in [2.24, 2.45) is 0 Å². The SMILES string of the molecule is O=C(O)c1cc(SCc2cc(Cl)cc3c2OCC3)cs1. The summed E-state index contributed by atoms with van der Waals surface area (Å²) in [5.41, 5.74) is 2.22. The number of thioether (sulfide) groups is 1. The lowest BCUT2D eigenvalue weighted by atomic mass is 10.1. The zero-order chi connectivity index (χ0) is 14.1. The molecule has 0 unspecified atom stereocenters. The number of carbonyl (C=O) groups is 1. The zero-order valence-electron chi connectivity index (χ0n) is 10.4. The predicted molar refractivity (Wildman–Crippen MR) is 81.5 cm³/mol. The van der Waals surface area contributed by atoms with E-state index in [0.717, 1.165) is 39.0 Å². The van der Waals surface area contributed by atoms with Crippen molar-refractivity contribution in [2.45, 2.75) is 17.1 Å². The molecule has 0 saturated heterocycles. The van der Waals surface area contributed by atoms with E-state index in [-0.39, 0.29) is 0 Å². The molecule has 0 radical (unpaired) electrons. The van der Waals surface area contributed by atoms with Gasteiger partial charge in [-0.05, 0) is 23.8 Å². The Kier molecular flexibility index (Phi) is 3.92. The summed E-state index contributed by atoms with van der Waals surface area (Å²) in [6.45, 7) is 0.703. The molecule has 2 aromatic rings. The Hall–Kier alpha value is -1.17. The smallest absolute Gasteiger partial charge is 0.345 e. The number of rotatable bonds is 4. The van der Waals surface area contributed by atoms with Crippen molar-refractivity contribution in [3.63, 3.8) is 0 Å². The highest BCUT2D eigenvalue weighted by Crippen LogP contribution is 2.37. The van der Waals surface area contributed by atoms with Crippen LogP contribution in [0.1, 0.15) is 20.8 Å². The fourth-order valence-electron chi connectivity index (χ4n) is 2.12. The second kappa shape index (κ2) is 5.68. The van der Waals surface area contributed by atoms with Crippen molar-refractivity contribution in [3.8, 4) is 5.75 Å². The molecule has 1 aliphatic rings. The van der Waals surface area contributed by atoms with E-state index in [9.17, 15) is 4.79 Å². The molecule has 2 heterocycles. The number of aromatic carboxylic acids is 1. The molecule has 1 aromatic carbocycles. The van der Waals surface area contributed by atoms with Crippen LogP contribution in [-0.4, -0.2) is 17.7 Å². The molecule has 104 valence electrons. The highest BCUT2D eigenvalue weighted by molar-refractivity contribution is 7.98. The maximum atomic E-state index is 10.9. The summed E-state index contributed by atoms with van der Waals surface area (Å²) in [6.07, 6.45) is 0.898. The average molecular weight is 327 g/mol. The van der Waals surface area contributed by atoms with Crippen LogP contribution in [-0.2, 0) is 12.2 Å². The van der Waals surface area contributed by atoms with Gasteiger partial charge in [-0.25, -0.2) is 4.79 Å². The van der Waals surface area contributed by atoms with Crippen LogP contribution in [0.25, 0.3) is 0 Å². The number of thiophene rings is 1. The number of ether oxygens (including phenoxy) is 1. The van der Waals surface area contributed by atoms with E-state index in [0.29, 0.717) is 11.5 Å². The molecular formula is C14H11ClO3S2. The topological polar surface area (TPSA) is 46.5 Å². The molecule has 1 aliphatic heterocycles. The van der Waals surface area contributed by atoms with Crippen LogP contribution in [0.5, 0.6) is 5.75 Å². The van der Waals surface area contributed by atoms with Crippen LogP contribution >= 0.6 is 34.7 Å². The van der Waals surface area contributed by atoms with Crippen molar-refractivity contribution in [1.29, 1.82) is 0 Å². The lowest BCUT2D eigenvalue weighted by molar-refractivity contribution is 0.0702.